The number of pyridine rings is 1. The SMILES string of the molecule is CC(C)(C)N1C(=O)C(=Cc2ncc(Cl)cc2COC2CCCCO2)c2ccccc21. The Bertz CT molecular complexity index is 975. The number of hydrogen-bond acceptors (Lipinski definition) is 4. The van der Waals surface area contributed by atoms with Crippen molar-refractivity contribution in [1.29, 1.82) is 0 Å². The van der Waals surface area contributed by atoms with Crippen molar-refractivity contribution in [2.45, 2.75) is 58.5 Å². The lowest BCUT2D eigenvalue weighted by atomic mass is 10.0. The molecule has 2 aromatic rings. The fourth-order valence-corrected chi connectivity index (χ4v) is 4.13. The second-order valence-corrected chi connectivity index (χ2v) is 9.13. The molecular formula is C24H27ClN2O3. The number of amides is 1. The summed E-state index contributed by atoms with van der Waals surface area (Å²) in [5.74, 6) is -0.0251. The Labute approximate surface area is 182 Å². The molecule has 3 heterocycles. The summed E-state index contributed by atoms with van der Waals surface area (Å²) in [6.07, 6.45) is 6.30. The highest BCUT2D eigenvalue weighted by molar-refractivity contribution is 6.36. The van der Waals surface area contributed by atoms with Gasteiger partial charge in [0.1, 0.15) is 0 Å². The normalized spacial score (nSPS) is 20.7. The van der Waals surface area contributed by atoms with Crippen LogP contribution in [0.15, 0.2) is 36.5 Å². The highest BCUT2D eigenvalue weighted by atomic mass is 35.5. The second kappa shape index (κ2) is 8.50. The Hall–Kier alpha value is -2.21. The van der Waals surface area contributed by atoms with Crippen molar-refractivity contribution in [1.82, 2.24) is 4.98 Å². The zero-order valence-corrected chi connectivity index (χ0v) is 18.4. The quantitative estimate of drug-likeness (QED) is 0.609. The summed E-state index contributed by atoms with van der Waals surface area (Å²) in [7, 11) is 0. The molecule has 1 saturated heterocycles. The van der Waals surface area contributed by atoms with Gasteiger partial charge in [-0.05, 0) is 58.2 Å². The number of para-hydroxylation sites is 1. The van der Waals surface area contributed by atoms with E-state index < -0.39 is 0 Å². The molecule has 1 aromatic heterocycles. The van der Waals surface area contributed by atoms with Crippen molar-refractivity contribution in [3.05, 3.63) is 58.4 Å². The number of halogens is 1. The number of fused-ring (bicyclic) bond motifs is 1. The molecule has 1 amide bonds. The number of nitrogens with zero attached hydrogens (tertiary/aromatic N) is 2. The van der Waals surface area contributed by atoms with Gasteiger partial charge in [-0.1, -0.05) is 29.8 Å². The van der Waals surface area contributed by atoms with Crippen LogP contribution in [0.5, 0.6) is 0 Å². The van der Waals surface area contributed by atoms with Gasteiger partial charge in [0, 0.05) is 29.5 Å². The summed E-state index contributed by atoms with van der Waals surface area (Å²) >= 11 is 6.20. The van der Waals surface area contributed by atoms with Gasteiger partial charge in [0.25, 0.3) is 5.91 Å². The van der Waals surface area contributed by atoms with Gasteiger partial charge in [-0.3, -0.25) is 9.78 Å². The maximum Gasteiger partial charge on any atom is 0.259 e. The number of carbonyl (C=O) groups is 1. The smallest absolute Gasteiger partial charge is 0.259 e. The van der Waals surface area contributed by atoms with E-state index >= 15 is 0 Å². The highest BCUT2D eigenvalue weighted by Gasteiger charge is 2.38. The van der Waals surface area contributed by atoms with Crippen LogP contribution in [0.4, 0.5) is 5.69 Å². The Morgan fingerprint density at radius 1 is 1.30 bits per heavy atom. The summed E-state index contributed by atoms with van der Waals surface area (Å²) < 4.78 is 11.6. The topological polar surface area (TPSA) is 51.7 Å². The number of hydrogen-bond donors (Lipinski definition) is 0. The highest BCUT2D eigenvalue weighted by Crippen LogP contribution is 2.41. The lowest BCUT2D eigenvalue weighted by Gasteiger charge is -2.32. The Kier molecular flexibility index (Phi) is 5.96. The predicted molar refractivity (Wildman–Crippen MR) is 119 cm³/mol. The van der Waals surface area contributed by atoms with Crippen molar-refractivity contribution in [3.63, 3.8) is 0 Å². The molecule has 1 fully saturated rings. The summed E-state index contributed by atoms with van der Waals surface area (Å²) in [5, 5.41) is 0.537. The maximum absolute atomic E-state index is 13.3. The molecule has 1 atom stereocenters. The predicted octanol–water partition coefficient (Wildman–Crippen LogP) is 5.46. The first-order chi connectivity index (χ1) is 14.3. The Balaban J connectivity index is 1.68. The first-order valence-electron chi connectivity index (χ1n) is 10.4. The van der Waals surface area contributed by atoms with Gasteiger partial charge >= 0.3 is 0 Å². The molecule has 158 valence electrons. The van der Waals surface area contributed by atoms with Crippen LogP contribution in [0.3, 0.4) is 0 Å². The van der Waals surface area contributed by atoms with Crippen molar-refractivity contribution in [2.75, 3.05) is 11.5 Å². The molecule has 4 rings (SSSR count). The summed E-state index contributed by atoms with van der Waals surface area (Å²) in [6, 6.07) is 9.71. The Morgan fingerprint density at radius 3 is 2.83 bits per heavy atom. The third-order valence-corrected chi connectivity index (χ3v) is 5.56. The molecule has 1 aromatic carbocycles. The molecule has 2 aliphatic rings. The fraction of sp³-hybridized carbons (Fsp3) is 0.417. The molecule has 1 unspecified atom stereocenters. The number of aromatic nitrogens is 1. The van der Waals surface area contributed by atoms with Crippen LogP contribution in [0, 0.1) is 0 Å². The van der Waals surface area contributed by atoms with Crippen LogP contribution in [-0.2, 0) is 20.9 Å². The van der Waals surface area contributed by atoms with E-state index in [1.165, 1.54) is 0 Å². The first kappa shape index (κ1) is 21.0. The average Bonchev–Trinajstić information content (AvgIpc) is 3.00. The van der Waals surface area contributed by atoms with Crippen molar-refractivity contribution >= 4 is 34.8 Å². The van der Waals surface area contributed by atoms with Crippen LogP contribution in [0.1, 0.15) is 56.9 Å². The molecule has 0 aliphatic carbocycles. The third kappa shape index (κ3) is 4.29. The monoisotopic (exact) mass is 426 g/mol. The Morgan fingerprint density at radius 2 is 2.10 bits per heavy atom. The van der Waals surface area contributed by atoms with Crippen LogP contribution in [-0.4, -0.2) is 29.3 Å². The molecule has 0 N–H and O–H groups in total. The zero-order chi connectivity index (χ0) is 21.3. The summed E-state index contributed by atoms with van der Waals surface area (Å²) in [6.45, 7) is 7.16. The van der Waals surface area contributed by atoms with Gasteiger partial charge in [-0.2, -0.15) is 0 Å². The molecule has 0 radical (unpaired) electrons. The van der Waals surface area contributed by atoms with Gasteiger partial charge in [0.2, 0.25) is 0 Å². The van der Waals surface area contributed by atoms with E-state index in [-0.39, 0.29) is 17.7 Å². The van der Waals surface area contributed by atoms with E-state index in [0.29, 0.717) is 22.9 Å². The minimum absolute atomic E-state index is 0.0251. The lowest BCUT2D eigenvalue weighted by Crippen LogP contribution is -2.43. The largest absolute Gasteiger partial charge is 0.353 e. The minimum atomic E-state index is -0.333. The molecule has 0 saturated carbocycles. The van der Waals surface area contributed by atoms with Crippen LogP contribution in [0.25, 0.3) is 11.6 Å². The zero-order valence-electron chi connectivity index (χ0n) is 17.7. The van der Waals surface area contributed by atoms with E-state index in [9.17, 15) is 4.79 Å². The van der Waals surface area contributed by atoms with Crippen molar-refractivity contribution < 1.29 is 14.3 Å². The summed E-state index contributed by atoms with van der Waals surface area (Å²) in [5.41, 5.74) is 3.65. The molecule has 5 nitrogen and oxygen atoms in total. The van der Waals surface area contributed by atoms with Gasteiger partial charge in [0.05, 0.1) is 28.6 Å². The lowest BCUT2D eigenvalue weighted by molar-refractivity contribution is -0.169. The molecule has 0 bridgehead atoms. The van der Waals surface area contributed by atoms with Crippen LogP contribution in [0.2, 0.25) is 5.02 Å². The van der Waals surface area contributed by atoms with E-state index in [1.807, 2.05) is 62.1 Å². The number of carbonyl (C=O) groups excluding carboxylic acids is 1. The number of ether oxygens (including phenoxy) is 2. The van der Waals surface area contributed by atoms with E-state index in [4.69, 9.17) is 21.1 Å². The molecular weight excluding hydrogens is 400 g/mol. The second-order valence-electron chi connectivity index (χ2n) is 8.69. The number of rotatable bonds is 4. The van der Waals surface area contributed by atoms with E-state index in [1.54, 1.807) is 6.20 Å². The minimum Gasteiger partial charge on any atom is -0.353 e. The van der Waals surface area contributed by atoms with Crippen molar-refractivity contribution in [3.8, 4) is 0 Å². The molecule has 0 spiro atoms. The van der Waals surface area contributed by atoms with E-state index in [2.05, 4.69) is 4.98 Å². The maximum atomic E-state index is 13.3. The van der Waals surface area contributed by atoms with Gasteiger partial charge in [0.15, 0.2) is 6.29 Å². The van der Waals surface area contributed by atoms with Crippen LogP contribution < -0.4 is 4.90 Å². The van der Waals surface area contributed by atoms with Gasteiger partial charge in [-0.25, -0.2) is 0 Å². The molecule has 6 heteroatoms. The fourth-order valence-electron chi connectivity index (χ4n) is 3.95. The average molecular weight is 427 g/mol. The third-order valence-electron chi connectivity index (χ3n) is 5.35. The van der Waals surface area contributed by atoms with Crippen LogP contribution >= 0.6 is 11.6 Å². The van der Waals surface area contributed by atoms with E-state index in [0.717, 1.165) is 42.7 Å². The van der Waals surface area contributed by atoms with Gasteiger partial charge < -0.3 is 14.4 Å². The van der Waals surface area contributed by atoms with Gasteiger partial charge in [-0.15, -0.1) is 0 Å². The van der Waals surface area contributed by atoms with Crippen molar-refractivity contribution in [2.24, 2.45) is 0 Å². The standard InChI is InChI=1S/C24H27ClN2O3/c1-24(2,3)27-21-9-5-4-8-18(21)19(23(27)28)13-20-16(12-17(25)14-26-20)15-30-22-10-6-7-11-29-22/h4-5,8-9,12-14,22H,6-7,10-11,15H2,1-3H3. The molecule has 30 heavy (non-hydrogen) atoms. The number of anilines is 1. The number of benzene rings is 1. The molecule has 2 aliphatic heterocycles. The first-order valence-corrected chi connectivity index (χ1v) is 10.8. The summed E-state index contributed by atoms with van der Waals surface area (Å²) in [4.78, 5) is 19.7.